The number of carbonyl (C=O) groups is 2. The number of amides is 2. The summed E-state index contributed by atoms with van der Waals surface area (Å²) in [6, 6.07) is 14.1. The van der Waals surface area contributed by atoms with Gasteiger partial charge in [-0.1, -0.05) is 37.1 Å². The molecule has 2 N–H and O–H groups in total. The summed E-state index contributed by atoms with van der Waals surface area (Å²) < 4.78 is 22.9. The number of ether oxygens (including phenoxy) is 1. The fraction of sp³-hybridized carbons (Fsp3) is 0.412. The van der Waals surface area contributed by atoms with Gasteiger partial charge >= 0.3 is 0 Å². The molecule has 4 aromatic rings. The van der Waals surface area contributed by atoms with Crippen molar-refractivity contribution >= 4 is 34.2 Å². The molecular weight excluding hydrogens is 559 g/mol. The van der Waals surface area contributed by atoms with Crippen molar-refractivity contribution in [3.05, 3.63) is 83.4 Å². The summed E-state index contributed by atoms with van der Waals surface area (Å²) in [5.74, 6) is -1.87. The molecule has 7 rings (SSSR count). The van der Waals surface area contributed by atoms with E-state index in [0.29, 0.717) is 36.9 Å². The van der Waals surface area contributed by atoms with Crippen LogP contribution in [-0.4, -0.2) is 56.8 Å². The topological polar surface area (TPSA) is 101 Å². The molecule has 2 aromatic heterocycles. The third-order valence-corrected chi connectivity index (χ3v) is 9.61. The lowest BCUT2D eigenvalue weighted by Crippen LogP contribution is -2.55. The lowest BCUT2D eigenvalue weighted by Gasteiger charge is -2.47. The molecule has 4 atom stereocenters. The second-order valence-corrected chi connectivity index (χ2v) is 12.4. The van der Waals surface area contributed by atoms with Gasteiger partial charge in [-0.15, -0.1) is 0 Å². The molecule has 2 aliphatic heterocycles. The number of halogens is 1. The van der Waals surface area contributed by atoms with E-state index < -0.39 is 23.7 Å². The van der Waals surface area contributed by atoms with E-state index in [2.05, 4.69) is 20.7 Å². The maximum atomic E-state index is 15.3. The maximum Gasteiger partial charge on any atom is 0.257 e. The molecule has 4 heterocycles. The summed E-state index contributed by atoms with van der Waals surface area (Å²) in [6.07, 6.45) is 8.60. The highest BCUT2D eigenvalue weighted by molar-refractivity contribution is 5.99. The molecule has 228 valence electrons. The normalized spacial score (nSPS) is 23.6. The van der Waals surface area contributed by atoms with E-state index in [1.165, 1.54) is 18.9 Å². The monoisotopic (exact) mass is 596 g/mol. The van der Waals surface area contributed by atoms with Crippen LogP contribution in [0.3, 0.4) is 0 Å². The van der Waals surface area contributed by atoms with Gasteiger partial charge in [0.05, 0.1) is 60.4 Å². The van der Waals surface area contributed by atoms with E-state index in [0.717, 1.165) is 35.1 Å². The van der Waals surface area contributed by atoms with Crippen LogP contribution in [0, 0.1) is 24.6 Å². The van der Waals surface area contributed by atoms with Crippen molar-refractivity contribution in [2.24, 2.45) is 18.9 Å². The van der Waals surface area contributed by atoms with Gasteiger partial charge in [-0.3, -0.25) is 19.3 Å². The Bertz CT molecular complexity index is 1680. The van der Waals surface area contributed by atoms with Gasteiger partial charge in [0.2, 0.25) is 5.91 Å². The first-order chi connectivity index (χ1) is 21.4. The number of benzene rings is 2. The zero-order chi connectivity index (χ0) is 30.4. The second-order valence-electron chi connectivity index (χ2n) is 12.4. The Balaban J connectivity index is 1.27. The van der Waals surface area contributed by atoms with Crippen LogP contribution < -0.4 is 10.6 Å². The number of likely N-dealkylation sites (tertiary alicyclic amines) is 1. The molecular formula is C34H37FN6O3. The minimum absolute atomic E-state index is 0.0367. The summed E-state index contributed by atoms with van der Waals surface area (Å²) in [5.41, 5.74) is 4.51. The van der Waals surface area contributed by atoms with Crippen LogP contribution in [0.25, 0.3) is 11.0 Å². The third kappa shape index (κ3) is 5.21. The van der Waals surface area contributed by atoms with Gasteiger partial charge in [0.1, 0.15) is 11.3 Å². The van der Waals surface area contributed by atoms with Crippen molar-refractivity contribution in [1.82, 2.24) is 19.7 Å². The minimum Gasteiger partial charge on any atom is -0.382 e. The number of pyridine rings is 1. The number of anilines is 2. The van der Waals surface area contributed by atoms with Crippen LogP contribution in [0.15, 0.2) is 60.9 Å². The molecule has 1 aliphatic carbocycles. The number of aromatic nitrogens is 3. The summed E-state index contributed by atoms with van der Waals surface area (Å²) in [5, 5.41) is 11.0. The Hall–Kier alpha value is -4.31. The van der Waals surface area contributed by atoms with Crippen LogP contribution in [0.1, 0.15) is 59.6 Å². The van der Waals surface area contributed by atoms with Crippen molar-refractivity contribution < 1.29 is 18.7 Å². The summed E-state index contributed by atoms with van der Waals surface area (Å²) >= 11 is 0. The molecule has 10 heteroatoms. The average molecular weight is 597 g/mol. The fourth-order valence-electron chi connectivity index (χ4n) is 7.34. The Kier molecular flexibility index (Phi) is 7.53. The molecule has 0 radical (unpaired) electrons. The number of piperidine rings is 1. The third-order valence-electron chi connectivity index (χ3n) is 9.61. The van der Waals surface area contributed by atoms with E-state index in [4.69, 9.17) is 4.74 Å². The summed E-state index contributed by atoms with van der Waals surface area (Å²) in [4.78, 5) is 34.8. The van der Waals surface area contributed by atoms with Crippen molar-refractivity contribution in [2.75, 3.05) is 23.8 Å². The van der Waals surface area contributed by atoms with E-state index in [-0.39, 0.29) is 23.4 Å². The van der Waals surface area contributed by atoms with Gasteiger partial charge in [-0.2, -0.15) is 5.10 Å². The van der Waals surface area contributed by atoms with Crippen molar-refractivity contribution in [1.29, 1.82) is 0 Å². The highest BCUT2D eigenvalue weighted by Crippen LogP contribution is 2.46. The number of fused-ring (bicyclic) bond motifs is 2. The molecule has 1 saturated carbocycles. The van der Waals surface area contributed by atoms with Crippen LogP contribution in [-0.2, 0) is 16.6 Å². The zero-order valence-electron chi connectivity index (χ0n) is 25.0. The van der Waals surface area contributed by atoms with Crippen molar-refractivity contribution in [2.45, 2.75) is 57.2 Å². The van der Waals surface area contributed by atoms with Gasteiger partial charge in [-0.05, 0) is 61.6 Å². The SMILES string of the molecule is Cc1cccc(F)c1C(=O)N1[C@@H]2COC[C@@H]2C[C@H](C(=O)Nc2cnc3cnn(C)c3c2)[C@@H]1c1ccc(NC2CCCC2)cc1. The summed E-state index contributed by atoms with van der Waals surface area (Å²) in [7, 11) is 1.83. The Morgan fingerprint density at radius 2 is 1.82 bits per heavy atom. The first-order valence-corrected chi connectivity index (χ1v) is 15.5. The molecule has 2 amide bonds. The van der Waals surface area contributed by atoms with Crippen LogP contribution in [0.5, 0.6) is 0 Å². The molecule has 9 nitrogen and oxygen atoms in total. The van der Waals surface area contributed by atoms with Gasteiger partial charge < -0.3 is 20.3 Å². The molecule has 2 aromatic carbocycles. The maximum absolute atomic E-state index is 15.3. The lowest BCUT2D eigenvalue weighted by molar-refractivity contribution is -0.124. The van der Waals surface area contributed by atoms with E-state index in [1.807, 2.05) is 37.4 Å². The first kappa shape index (κ1) is 28.5. The van der Waals surface area contributed by atoms with Gasteiger partial charge in [0.15, 0.2) is 0 Å². The Morgan fingerprint density at radius 3 is 2.59 bits per heavy atom. The van der Waals surface area contributed by atoms with E-state index in [9.17, 15) is 9.59 Å². The van der Waals surface area contributed by atoms with Crippen LogP contribution in [0.4, 0.5) is 15.8 Å². The number of rotatable bonds is 6. The predicted molar refractivity (Wildman–Crippen MR) is 166 cm³/mol. The highest BCUT2D eigenvalue weighted by Gasteiger charge is 2.51. The quantitative estimate of drug-likeness (QED) is 0.299. The second kappa shape index (κ2) is 11.6. The number of nitrogens with one attached hydrogen (secondary N) is 2. The first-order valence-electron chi connectivity index (χ1n) is 15.5. The lowest BCUT2D eigenvalue weighted by atomic mass is 9.76. The number of carbonyl (C=O) groups excluding carboxylic acids is 2. The van der Waals surface area contributed by atoms with Crippen molar-refractivity contribution in [3.8, 4) is 0 Å². The summed E-state index contributed by atoms with van der Waals surface area (Å²) in [6.45, 7) is 2.53. The highest BCUT2D eigenvalue weighted by atomic mass is 19.1. The zero-order valence-corrected chi connectivity index (χ0v) is 25.0. The Labute approximate surface area is 255 Å². The standard InChI is InChI=1S/C34H37FN6O3/c1-20-6-5-9-27(35)31(20)34(43)41-30-19-44-18-22(30)14-26(33(42)39-25-15-29-28(36-16-25)17-37-40(29)2)32(41)21-10-12-24(13-11-21)38-23-7-3-4-8-23/h5-6,9-13,15-17,22-23,26,30,32,38H,3-4,7-8,14,18-19H2,1-2H3,(H,39,42)/t22-,26-,30+,32-/m0/s1. The smallest absolute Gasteiger partial charge is 0.257 e. The number of nitrogens with zero attached hydrogens (tertiary/aromatic N) is 4. The fourth-order valence-corrected chi connectivity index (χ4v) is 7.34. The average Bonchev–Trinajstić information content (AvgIpc) is 3.79. The predicted octanol–water partition coefficient (Wildman–Crippen LogP) is 5.63. The molecule has 0 spiro atoms. The van der Waals surface area contributed by atoms with Crippen LogP contribution in [0.2, 0.25) is 0 Å². The largest absolute Gasteiger partial charge is 0.382 e. The van der Waals surface area contributed by atoms with Crippen molar-refractivity contribution in [3.63, 3.8) is 0 Å². The van der Waals surface area contributed by atoms with Crippen LogP contribution >= 0.6 is 0 Å². The molecule has 0 bridgehead atoms. The molecule has 3 fully saturated rings. The number of hydrogen-bond donors (Lipinski definition) is 2. The molecule has 0 unspecified atom stereocenters. The van der Waals surface area contributed by atoms with E-state index in [1.54, 1.807) is 41.0 Å². The van der Waals surface area contributed by atoms with Gasteiger partial charge in [0.25, 0.3) is 5.91 Å². The van der Waals surface area contributed by atoms with Gasteiger partial charge in [0, 0.05) is 24.7 Å². The molecule has 44 heavy (non-hydrogen) atoms. The van der Waals surface area contributed by atoms with E-state index >= 15 is 4.39 Å². The number of aryl methyl sites for hydroxylation is 2. The molecule has 2 saturated heterocycles. The Morgan fingerprint density at radius 1 is 1.02 bits per heavy atom. The molecule has 3 aliphatic rings. The van der Waals surface area contributed by atoms with Gasteiger partial charge in [-0.25, -0.2) is 4.39 Å². The minimum atomic E-state index is -0.626. The number of hydrogen-bond acceptors (Lipinski definition) is 6.